The number of alkyl halides is 3. The molecule has 0 saturated carbocycles. The van der Waals surface area contributed by atoms with E-state index in [9.17, 15) is 27.6 Å². The molecule has 2 aromatic carbocycles. The summed E-state index contributed by atoms with van der Waals surface area (Å²) in [6.07, 6.45) is -3.01. The number of hydrogen-bond acceptors (Lipinski definition) is 4. The highest BCUT2D eigenvalue weighted by atomic mass is 19.4. The lowest BCUT2D eigenvalue weighted by atomic mass is 9.75. The fourth-order valence-corrected chi connectivity index (χ4v) is 5.18. The lowest BCUT2D eigenvalue weighted by molar-refractivity contribution is -0.140. The van der Waals surface area contributed by atoms with Crippen LogP contribution in [0.3, 0.4) is 0 Å². The molecular formula is C26H29F3N4O3. The summed E-state index contributed by atoms with van der Waals surface area (Å²) < 4.78 is 38.8. The molecule has 2 aliphatic heterocycles. The van der Waals surface area contributed by atoms with Crippen LogP contribution >= 0.6 is 0 Å². The van der Waals surface area contributed by atoms with Crippen LogP contribution in [0.1, 0.15) is 52.7 Å². The van der Waals surface area contributed by atoms with Crippen LogP contribution in [0.25, 0.3) is 0 Å². The van der Waals surface area contributed by atoms with Crippen molar-refractivity contribution in [1.29, 1.82) is 0 Å². The fourth-order valence-electron chi connectivity index (χ4n) is 5.18. The van der Waals surface area contributed by atoms with Crippen LogP contribution in [0.5, 0.6) is 0 Å². The van der Waals surface area contributed by atoms with Crippen molar-refractivity contribution in [3.8, 4) is 0 Å². The highest BCUT2D eigenvalue weighted by Gasteiger charge is 2.43. The number of imide groups is 1. The minimum atomic E-state index is -4.60. The lowest BCUT2D eigenvalue weighted by Gasteiger charge is -2.47. The average molecular weight is 503 g/mol. The second-order valence-corrected chi connectivity index (χ2v) is 9.67. The Balaban J connectivity index is 1.47. The van der Waals surface area contributed by atoms with E-state index in [1.54, 1.807) is 18.2 Å². The third kappa shape index (κ3) is 5.38. The van der Waals surface area contributed by atoms with Gasteiger partial charge >= 0.3 is 12.2 Å². The number of rotatable bonds is 3. The number of carbonyl (C=O) groups is 3. The van der Waals surface area contributed by atoms with Gasteiger partial charge in [0.05, 0.1) is 11.5 Å². The van der Waals surface area contributed by atoms with E-state index >= 15 is 0 Å². The summed E-state index contributed by atoms with van der Waals surface area (Å²) in [7, 11) is 1.84. The molecule has 0 spiro atoms. The summed E-state index contributed by atoms with van der Waals surface area (Å²) in [4.78, 5) is 39.9. The van der Waals surface area contributed by atoms with Gasteiger partial charge in [0.2, 0.25) is 5.91 Å². The number of aryl methyl sites for hydroxylation is 1. The van der Waals surface area contributed by atoms with Crippen LogP contribution < -0.4 is 16.0 Å². The molecule has 4 atom stereocenters. The first-order valence-electron chi connectivity index (χ1n) is 11.8. The third-order valence-corrected chi connectivity index (χ3v) is 7.14. The van der Waals surface area contributed by atoms with Crippen molar-refractivity contribution in [3.63, 3.8) is 0 Å². The van der Waals surface area contributed by atoms with Crippen molar-refractivity contribution in [1.82, 2.24) is 15.5 Å². The summed E-state index contributed by atoms with van der Waals surface area (Å²) in [5.74, 6) is -0.962. The summed E-state index contributed by atoms with van der Waals surface area (Å²) in [5.41, 5.74) is 0.809. The number of nitrogens with zero attached hydrogens (tertiary/aromatic N) is 1. The number of likely N-dealkylation sites (N-methyl/N-ethyl adjacent to an activating group) is 1. The minimum Gasteiger partial charge on any atom is -0.342 e. The maximum absolute atomic E-state index is 13.3. The van der Waals surface area contributed by atoms with Gasteiger partial charge in [-0.1, -0.05) is 12.1 Å². The van der Waals surface area contributed by atoms with Gasteiger partial charge in [0.25, 0.3) is 5.91 Å². The van der Waals surface area contributed by atoms with Gasteiger partial charge in [-0.15, -0.1) is 0 Å². The molecule has 0 aliphatic carbocycles. The number of piperidine rings is 2. The maximum Gasteiger partial charge on any atom is 0.416 e. The van der Waals surface area contributed by atoms with Crippen LogP contribution in [-0.2, 0) is 11.0 Å². The number of nitrogens with one attached hydrogen (secondary N) is 3. The molecule has 4 amide bonds. The average Bonchev–Trinajstić information content (AvgIpc) is 2.82. The predicted molar refractivity (Wildman–Crippen MR) is 129 cm³/mol. The second-order valence-electron chi connectivity index (χ2n) is 9.67. The SMILES string of the molecule is Cc1ccc(NC(=O)NC(=O)c2cccc(C(F)(F)F)c2)cc1C1CC2CNC(C)CC2N(C)C1=O. The van der Waals surface area contributed by atoms with E-state index < -0.39 is 23.7 Å². The summed E-state index contributed by atoms with van der Waals surface area (Å²) in [6, 6.07) is 8.66. The Bertz CT molecular complexity index is 1180. The van der Waals surface area contributed by atoms with E-state index in [4.69, 9.17) is 0 Å². The zero-order chi connectivity index (χ0) is 26.2. The molecule has 4 rings (SSSR count). The largest absolute Gasteiger partial charge is 0.416 e. The molecule has 36 heavy (non-hydrogen) atoms. The topological polar surface area (TPSA) is 90.5 Å². The molecule has 2 fully saturated rings. The highest BCUT2D eigenvalue weighted by Crippen LogP contribution is 2.39. The van der Waals surface area contributed by atoms with E-state index in [1.165, 1.54) is 6.07 Å². The molecule has 2 heterocycles. The molecule has 3 N–H and O–H groups in total. The van der Waals surface area contributed by atoms with Gasteiger partial charge in [-0.2, -0.15) is 13.2 Å². The van der Waals surface area contributed by atoms with Crippen LogP contribution in [0.2, 0.25) is 0 Å². The Morgan fingerprint density at radius 2 is 1.86 bits per heavy atom. The highest BCUT2D eigenvalue weighted by molar-refractivity contribution is 6.08. The number of halogens is 3. The van der Waals surface area contributed by atoms with Crippen molar-refractivity contribution in [2.45, 2.75) is 50.9 Å². The predicted octanol–water partition coefficient (Wildman–Crippen LogP) is 4.29. The van der Waals surface area contributed by atoms with Crippen LogP contribution in [0.15, 0.2) is 42.5 Å². The summed E-state index contributed by atoms with van der Waals surface area (Å²) >= 11 is 0. The van der Waals surface area contributed by atoms with Crippen LogP contribution in [0.4, 0.5) is 23.7 Å². The van der Waals surface area contributed by atoms with Gasteiger partial charge in [0.1, 0.15) is 0 Å². The Labute approximate surface area is 207 Å². The number of amides is 4. The molecule has 10 heteroatoms. The smallest absolute Gasteiger partial charge is 0.342 e. The van der Waals surface area contributed by atoms with E-state index in [0.29, 0.717) is 30.1 Å². The van der Waals surface area contributed by atoms with Crippen molar-refractivity contribution in [3.05, 3.63) is 64.7 Å². The molecule has 2 aliphatic rings. The molecule has 0 bridgehead atoms. The Morgan fingerprint density at radius 1 is 1.11 bits per heavy atom. The summed E-state index contributed by atoms with van der Waals surface area (Å²) in [6.45, 7) is 4.84. The van der Waals surface area contributed by atoms with E-state index in [2.05, 4.69) is 22.9 Å². The van der Waals surface area contributed by atoms with Crippen molar-refractivity contribution in [2.24, 2.45) is 5.92 Å². The fraction of sp³-hybridized carbons (Fsp3) is 0.423. The lowest BCUT2D eigenvalue weighted by Crippen LogP contribution is -2.57. The molecule has 0 radical (unpaired) electrons. The number of urea groups is 1. The maximum atomic E-state index is 13.3. The van der Waals surface area contributed by atoms with Gasteiger partial charge < -0.3 is 15.5 Å². The molecule has 4 unspecified atom stereocenters. The molecule has 2 aromatic rings. The Kier molecular flexibility index (Phi) is 7.08. The van der Waals surface area contributed by atoms with E-state index in [0.717, 1.165) is 36.2 Å². The van der Waals surface area contributed by atoms with Crippen molar-refractivity contribution >= 4 is 23.5 Å². The van der Waals surface area contributed by atoms with E-state index in [1.807, 2.05) is 18.9 Å². The number of carbonyl (C=O) groups excluding carboxylic acids is 3. The van der Waals surface area contributed by atoms with Gasteiger partial charge in [-0.05, 0) is 74.1 Å². The zero-order valence-electron chi connectivity index (χ0n) is 20.3. The number of hydrogen-bond donors (Lipinski definition) is 3. The molecule has 0 aromatic heterocycles. The van der Waals surface area contributed by atoms with Crippen LogP contribution in [0, 0.1) is 12.8 Å². The van der Waals surface area contributed by atoms with Gasteiger partial charge in [-0.3, -0.25) is 14.9 Å². The quantitative estimate of drug-likeness (QED) is 0.584. The Morgan fingerprint density at radius 3 is 2.58 bits per heavy atom. The second kappa shape index (κ2) is 9.93. The summed E-state index contributed by atoms with van der Waals surface area (Å²) in [5, 5.41) is 8.09. The zero-order valence-corrected chi connectivity index (χ0v) is 20.3. The van der Waals surface area contributed by atoms with Gasteiger partial charge in [0.15, 0.2) is 0 Å². The molecule has 192 valence electrons. The van der Waals surface area contributed by atoms with E-state index in [-0.39, 0.29) is 23.4 Å². The first kappa shape index (κ1) is 25.7. The standard InChI is InChI=1S/C26H29F3N4O3/c1-14-7-8-19(31-25(36)32-23(34)16-5-4-6-18(10-16)26(27,28)29)12-20(14)21-11-17-13-30-15(2)9-22(17)33(3)24(21)35/h4-8,10,12,15,17,21-22,30H,9,11,13H2,1-3H3,(H2,31,32,34,36). The number of likely N-dealkylation sites (tertiary alicyclic amines) is 1. The number of fused-ring (bicyclic) bond motifs is 1. The first-order chi connectivity index (χ1) is 16.9. The van der Waals surface area contributed by atoms with Crippen molar-refractivity contribution < 1.29 is 27.6 Å². The first-order valence-corrected chi connectivity index (χ1v) is 11.8. The Hall–Kier alpha value is -3.40. The molecule has 2 saturated heterocycles. The third-order valence-electron chi connectivity index (χ3n) is 7.14. The number of anilines is 1. The monoisotopic (exact) mass is 502 g/mol. The van der Waals surface area contributed by atoms with Crippen LogP contribution in [-0.4, -0.2) is 48.4 Å². The molecular weight excluding hydrogens is 473 g/mol. The number of benzene rings is 2. The normalized spacial score (nSPS) is 24.2. The van der Waals surface area contributed by atoms with Gasteiger partial charge in [-0.25, -0.2) is 4.79 Å². The van der Waals surface area contributed by atoms with Crippen molar-refractivity contribution in [2.75, 3.05) is 18.9 Å². The molecule has 7 nitrogen and oxygen atoms in total. The minimum absolute atomic E-state index is 0.0368. The van der Waals surface area contributed by atoms with Gasteiger partial charge in [0, 0.05) is 36.9 Å².